The quantitative estimate of drug-likeness (QED) is 0.774. The van der Waals surface area contributed by atoms with Crippen molar-refractivity contribution in [3.05, 3.63) is 10.5 Å². The van der Waals surface area contributed by atoms with Gasteiger partial charge in [-0.2, -0.15) is 0 Å². The molecule has 88 valence electrons. The van der Waals surface area contributed by atoms with Crippen molar-refractivity contribution in [1.82, 2.24) is 14.8 Å². The molecule has 2 rings (SSSR count). The molecule has 6 nitrogen and oxygen atoms in total. The summed E-state index contributed by atoms with van der Waals surface area (Å²) in [6.07, 6.45) is 1.53. The fourth-order valence-corrected chi connectivity index (χ4v) is 2.56. The molecule has 1 aliphatic heterocycles. The van der Waals surface area contributed by atoms with Crippen LogP contribution < -0.4 is 5.69 Å². The van der Waals surface area contributed by atoms with E-state index in [1.165, 1.54) is 11.8 Å². The van der Waals surface area contributed by atoms with E-state index in [-0.39, 0.29) is 16.9 Å². The van der Waals surface area contributed by atoms with Gasteiger partial charge in [-0.25, -0.2) is 9.89 Å². The Labute approximate surface area is 96.4 Å². The molecule has 1 aromatic heterocycles. The number of esters is 1. The summed E-state index contributed by atoms with van der Waals surface area (Å²) in [7, 11) is 0. The Morgan fingerprint density at radius 2 is 2.44 bits per heavy atom. The predicted molar refractivity (Wildman–Crippen MR) is 58.4 cm³/mol. The van der Waals surface area contributed by atoms with Gasteiger partial charge in [0.2, 0.25) is 0 Å². The van der Waals surface area contributed by atoms with Crippen molar-refractivity contribution >= 4 is 17.7 Å². The average molecular weight is 243 g/mol. The molecule has 7 heteroatoms. The monoisotopic (exact) mass is 243 g/mol. The van der Waals surface area contributed by atoms with Gasteiger partial charge in [-0.1, -0.05) is 18.7 Å². The molecular formula is C9H13N3O3S. The molecule has 0 unspecified atom stereocenters. The SMILES string of the molecule is CCCn1c(S[C@H]2CCOC2=O)n[nH]c1=O. The van der Waals surface area contributed by atoms with Crippen molar-refractivity contribution in [2.75, 3.05) is 6.61 Å². The van der Waals surface area contributed by atoms with Crippen LogP contribution in [0.4, 0.5) is 0 Å². The van der Waals surface area contributed by atoms with Crippen LogP contribution in [0.5, 0.6) is 0 Å². The van der Waals surface area contributed by atoms with Crippen molar-refractivity contribution in [1.29, 1.82) is 0 Å². The van der Waals surface area contributed by atoms with Gasteiger partial charge in [0.25, 0.3) is 0 Å². The summed E-state index contributed by atoms with van der Waals surface area (Å²) < 4.78 is 6.41. The molecule has 1 saturated heterocycles. The predicted octanol–water partition coefficient (Wildman–Crippen LogP) is 0.389. The molecule has 16 heavy (non-hydrogen) atoms. The maximum atomic E-state index is 11.4. The number of aromatic nitrogens is 3. The van der Waals surface area contributed by atoms with Gasteiger partial charge in [-0.15, -0.1) is 5.10 Å². The molecule has 1 fully saturated rings. The third kappa shape index (κ3) is 2.13. The molecule has 0 aromatic carbocycles. The summed E-state index contributed by atoms with van der Waals surface area (Å²) in [6, 6.07) is 0. The number of nitrogens with one attached hydrogen (secondary N) is 1. The van der Waals surface area contributed by atoms with E-state index >= 15 is 0 Å². The highest BCUT2D eigenvalue weighted by molar-refractivity contribution is 8.00. The van der Waals surface area contributed by atoms with Gasteiger partial charge in [0.05, 0.1) is 6.61 Å². The summed E-state index contributed by atoms with van der Waals surface area (Å²) in [5.41, 5.74) is -0.226. The normalized spacial score (nSPS) is 20.1. The lowest BCUT2D eigenvalue weighted by molar-refractivity contribution is -0.137. The Bertz CT molecular complexity index is 439. The minimum atomic E-state index is -0.231. The topological polar surface area (TPSA) is 77.0 Å². The Hall–Kier alpha value is -1.24. The first-order valence-electron chi connectivity index (χ1n) is 5.21. The number of nitrogens with zero attached hydrogens (tertiary/aromatic N) is 2. The van der Waals surface area contributed by atoms with Gasteiger partial charge in [0.1, 0.15) is 5.25 Å². The highest BCUT2D eigenvalue weighted by atomic mass is 32.2. The number of aromatic amines is 1. The van der Waals surface area contributed by atoms with Crippen molar-refractivity contribution < 1.29 is 9.53 Å². The maximum absolute atomic E-state index is 11.4. The number of H-pyrrole nitrogens is 1. The van der Waals surface area contributed by atoms with E-state index < -0.39 is 0 Å². The van der Waals surface area contributed by atoms with Crippen LogP contribution in [0.15, 0.2) is 9.95 Å². The molecule has 0 radical (unpaired) electrons. The van der Waals surface area contributed by atoms with Gasteiger partial charge >= 0.3 is 11.7 Å². The van der Waals surface area contributed by atoms with Gasteiger partial charge in [0.15, 0.2) is 5.16 Å². The zero-order valence-electron chi connectivity index (χ0n) is 8.93. The van der Waals surface area contributed by atoms with Crippen molar-refractivity contribution in [2.24, 2.45) is 0 Å². The zero-order chi connectivity index (χ0) is 11.5. The second-order valence-corrected chi connectivity index (χ2v) is 4.70. The molecule has 0 saturated carbocycles. The minimum Gasteiger partial charge on any atom is -0.465 e. The van der Waals surface area contributed by atoms with Crippen molar-refractivity contribution in [3.8, 4) is 0 Å². The number of thioether (sulfide) groups is 1. The Morgan fingerprint density at radius 3 is 3.06 bits per heavy atom. The summed E-state index contributed by atoms with van der Waals surface area (Å²) in [5, 5.41) is 6.64. The van der Waals surface area contributed by atoms with E-state index in [9.17, 15) is 9.59 Å². The van der Waals surface area contributed by atoms with E-state index in [4.69, 9.17) is 4.74 Å². The molecule has 1 aromatic rings. The third-order valence-electron chi connectivity index (χ3n) is 2.31. The summed E-state index contributed by atoms with van der Waals surface area (Å²) >= 11 is 1.29. The molecule has 0 spiro atoms. The lowest BCUT2D eigenvalue weighted by atomic mass is 10.4. The van der Waals surface area contributed by atoms with Crippen molar-refractivity contribution in [2.45, 2.75) is 36.7 Å². The van der Waals surface area contributed by atoms with Gasteiger partial charge in [-0.05, 0) is 6.42 Å². The first-order chi connectivity index (χ1) is 7.72. The highest BCUT2D eigenvalue weighted by Crippen LogP contribution is 2.27. The van der Waals surface area contributed by atoms with Gasteiger partial charge in [0, 0.05) is 13.0 Å². The fourth-order valence-electron chi connectivity index (χ4n) is 1.53. The van der Waals surface area contributed by atoms with Gasteiger partial charge in [-0.3, -0.25) is 9.36 Å². The largest absolute Gasteiger partial charge is 0.465 e. The van der Waals surface area contributed by atoms with Crippen LogP contribution in [-0.4, -0.2) is 32.6 Å². The number of hydrogen-bond donors (Lipinski definition) is 1. The molecule has 1 aliphatic rings. The number of cyclic esters (lactones) is 1. The standard InChI is InChI=1S/C9H13N3O3S/c1-2-4-12-8(14)10-11-9(12)16-6-3-5-15-7(6)13/h6H,2-5H2,1H3,(H,10,14)/t6-/m0/s1. The molecule has 0 bridgehead atoms. The summed E-state index contributed by atoms with van der Waals surface area (Å²) in [5.74, 6) is -0.219. The van der Waals surface area contributed by atoms with Crippen LogP contribution in [0.2, 0.25) is 0 Å². The second kappa shape index (κ2) is 4.73. The van der Waals surface area contributed by atoms with E-state index in [0.717, 1.165) is 6.42 Å². The number of carbonyl (C=O) groups excluding carboxylic acids is 1. The summed E-state index contributed by atoms with van der Waals surface area (Å²) in [6.45, 7) is 3.05. The van der Waals surface area contributed by atoms with E-state index in [2.05, 4.69) is 10.2 Å². The molecule has 0 aliphatic carbocycles. The van der Waals surface area contributed by atoms with Crippen LogP contribution in [0.1, 0.15) is 19.8 Å². The second-order valence-electron chi connectivity index (χ2n) is 3.53. The molecule has 1 N–H and O–H groups in total. The van der Waals surface area contributed by atoms with Crippen LogP contribution in [0.3, 0.4) is 0 Å². The third-order valence-corrected chi connectivity index (χ3v) is 3.54. The lowest BCUT2D eigenvalue weighted by Gasteiger charge is -2.05. The Kier molecular flexibility index (Phi) is 3.33. The van der Waals surface area contributed by atoms with Crippen molar-refractivity contribution in [3.63, 3.8) is 0 Å². The van der Waals surface area contributed by atoms with Gasteiger partial charge < -0.3 is 4.74 Å². The Morgan fingerprint density at radius 1 is 1.62 bits per heavy atom. The number of rotatable bonds is 4. The van der Waals surface area contributed by atoms with Crippen LogP contribution in [0.25, 0.3) is 0 Å². The number of ether oxygens (including phenoxy) is 1. The minimum absolute atomic E-state index is 0.219. The molecule has 0 amide bonds. The van der Waals surface area contributed by atoms with Crippen LogP contribution >= 0.6 is 11.8 Å². The molecule has 2 heterocycles. The van der Waals surface area contributed by atoms with E-state index in [1.807, 2.05) is 6.92 Å². The zero-order valence-corrected chi connectivity index (χ0v) is 9.75. The van der Waals surface area contributed by atoms with E-state index in [1.54, 1.807) is 4.57 Å². The average Bonchev–Trinajstić information content (AvgIpc) is 2.80. The first kappa shape index (κ1) is 11.3. The van der Waals surface area contributed by atoms with Crippen LogP contribution in [0, 0.1) is 0 Å². The first-order valence-corrected chi connectivity index (χ1v) is 6.09. The summed E-state index contributed by atoms with van der Waals surface area (Å²) in [4.78, 5) is 22.7. The maximum Gasteiger partial charge on any atom is 0.343 e. The van der Waals surface area contributed by atoms with E-state index in [0.29, 0.717) is 24.7 Å². The lowest BCUT2D eigenvalue weighted by Crippen LogP contribution is -2.18. The smallest absolute Gasteiger partial charge is 0.343 e. The Balaban J connectivity index is 2.14. The fraction of sp³-hybridized carbons (Fsp3) is 0.667. The molecular weight excluding hydrogens is 230 g/mol. The number of carbonyl (C=O) groups is 1. The van der Waals surface area contributed by atoms with Crippen LogP contribution in [-0.2, 0) is 16.1 Å². The highest BCUT2D eigenvalue weighted by Gasteiger charge is 2.29. The number of hydrogen-bond acceptors (Lipinski definition) is 5. The molecule has 1 atom stereocenters.